The molecule has 0 aliphatic rings. The van der Waals surface area contributed by atoms with Gasteiger partial charge in [-0.15, -0.1) is 0 Å². The van der Waals surface area contributed by atoms with Crippen LogP contribution in [0.2, 0.25) is 0 Å². The highest BCUT2D eigenvalue weighted by atomic mass is 15.3. The first-order valence-corrected chi connectivity index (χ1v) is 6.48. The quantitative estimate of drug-likeness (QED) is 0.900. The molecule has 0 atom stereocenters. The summed E-state index contributed by atoms with van der Waals surface area (Å²) in [5, 5.41) is 4.52. The zero-order chi connectivity index (χ0) is 14.2. The van der Waals surface area contributed by atoms with Crippen molar-refractivity contribution in [2.75, 3.05) is 5.73 Å². The third-order valence-corrected chi connectivity index (χ3v) is 2.84. The van der Waals surface area contributed by atoms with E-state index in [1.54, 1.807) is 10.7 Å². The van der Waals surface area contributed by atoms with E-state index in [-0.39, 0.29) is 5.41 Å². The highest BCUT2D eigenvalue weighted by Crippen LogP contribution is 2.21. The summed E-state index contributed by atoms with van der Waals surface area (Å²) in [5.74, 6) is 2.30. The first-order chi connectivity index (χ1) is 8.77. The van der Waals surface area contributed by atoms with Gasteiger partial charge in [0.15, 0.2) is 5.82 Å². The van der Waals surface area contributed by atoms with E-state index in [2.05, 4.69) is 49.7 Å². The largest absolute Gasteiger partial charge is 0.384 e. The Balaban J connectivity index is 2.47. The van der Waals surface area contributed by atoms with Gasteiger partial charge in [0.05, 0.1) is 5.69 Å². The fourth-order valence-corrected chi connectivity index (χ4v) is 1.68. The molecule has 0 bridgehead atoms. The van der Waals surface area contributed by atoms with Crippen LogP contribution < -0.4 is 5.73 Å². The highest BCUT2D eigenvalue weighted by molar-refractivity contribution is 5.38. The molecule has 0 saturated carbocycles. The molecule has 0 radical (unpaired) electrons. The number of rotatable bonds is 2. The standard InChI is InChI=1S/C14H21N5/c1-9(2)10-6-7-19(18-10)12-8-11(15)16-13(17-12)14(3,4)5/h6-9H,1-5H3,(H2,15,16,17). The van der Waals surface area contributed by atoms with Gasteiger partial charge >= 0.3 is 0 Å². The van der Waals surface area contributed by atoms with Gasteiger partial charge in [0, 0.05) is 17.7 Å². The zero-order valence-electron chi connectivity index (χ0n) is 12.2. The van der Waals surface area contributed by atoms with Crippen LogP contribution in [0.3, 0.4) is 0 Å². The van der Waals surface area contributed by atoms with Crippen molar-refractivity contribution in [3.63, 3.8) is 0 Å². The Morgan fingerprint density at radius 1 is 1.21 bits per heavy atom. The first-order valence-electron chi connectivity index (χ1n) is 6.48. The molecule has 0 aliphatic heterocycles. The third kappa shape index (κ3) is 2.92. The molecule has 0 fully saturated rings. The molecule has 5 nitrogen and oxygen atoms in total. The second-order valence-corrected chi connectivity index (χ2v) is 6.06. The summed E-state index contributed by atoms with van der Waals surface area (Å²) in [4.78, 5) is 8.86. The van der Waals surface area contributed by atoms with Gasteiger partial charge in [-0.2, -0.15) is 5.10 Å². The molecule has 2 rings (SSSR count). The van der Waals surface area contributed by atoms with Crippen molar-refractivity contribution < 1.29 is 0 Å². The summed E-state index contributed by atoms with van der Waals surface area (Å²) >= 11 is 0. The van der Waals surface area contributed by atoms with Crippen LogP contribution in [0.5, 0.6) is 0 Å². The highest BCUT2D eigenvalue weighted by Gasteiger charge is 2.19. The fraction of sp³-hybridized carbons (Fsp3) is 0.500. The third-order valence-electron chi connectivity index (χ3n) is 2.84. The molecule has 0 unspecified atom stereocenters. The van der Waals surface area contributed by atoms with Gasteiger partial charge < -0.3 is 5.73 Å². The van der Waals surface area contributed by atoms with Crippen molar-refractivity contribution in [2.45, 2.75) is 46.0 Å². The molecule has 0 saturated heterocycles. The Hall–Kier alpha value is -1.91. The molecule has 0 amide bonds. The normalized spacial score (nSPS) is 12.1. The van der Waals surface area contributed by atoms with Gasteiger partial charge in [-0.05, 0) is 12.0 Å². The van der Waals surface area contributed by atoms with Gasteiger partial charge in [0.25, 0.3) is 0 Å². The maximum absolute atomic E-state index is 5.87. The average molecular weight is 259 g/mol. The summed E-state index contributed by atoms with van der Waals surface area (Å²) in [6, 6.07) is 3.74. The molecule has 19 heavy (non-hydrogen) atoms. The van der Waals surface area contributed by atoms with E-state index in [1.807, 2.05) is 12.3 Å². The zero-order valence-corrected chi connectivity index (χ0v) is 12.2. The predicted octanol–water partition coefficient (Wildman–Crippen LogP) is 2.67. The van der Waals surface area contributed by atoms with E-state index < -0.39 is 0 Å². The number of hydrogen-bond acceptors (Lipinski definition) is 4. The first kappa shape index (κ1) is 13.5. The molecule has 0 aliphatic carbocycles. The van der Waals surface area contributed by atoms with Gasteiger partial charge in [0.1, 0.15) is 11.6 Å². The van der Waals surface area contributed by atoms with Gasteiger partial charge in [-0.25, -0.2) is 14.6 Å². The number of nitrogen functional groups attached to an aromatic ring is 1. The van der Waals surface area contributed by atoms with Crippen LogP contribution in [-0.4, -0.2) is 19.7 Å². The molecule has 2 heterocycles. The Morgan fingerprint density at radius 3 is 2.42 bits per heavy atom. The van der Waals surface area contributed by atoms with Crippen LogP contribution in [0.1, 0.15) is 52.1 Å². The van der Waals surface area contributed by atoms with Gasteiger partial charge in [0.2, 0.25) is 0 Å². The summed E-state index contributed by atoms with van der Waals surface area (Å²) in [5.41, 5.74) is 6.76. The summed E-state index contributed by atoms with van der Waals surface area (Å²) in [7, 11) is 0. The van der Waals surface area contributed by atoms with Crippen molar-refractivity contribution in [3.05, 3.63) is 29.8 Å². The minimum Gasteiger partial charge on any atom is -0.384 e. The maximum Gasteiger partial charge on any atom is 0.159 e. The molecule has 102 valence electrons. The molecular formula is C14H21N5. The lowest BCUT2D eigenvalue weighted by Gasteiger charge is -2.17. The molecule has 2 aromatic rings. The van der Waals surface area contributed by atoms with Crippen molar-refractivity contribution in [1.29, 1.82) is 0 Å². The lowest BCUT2D eigenvalue weighted by atomic mass is 9.96. The predicted molar refractivity (Wildman–Crippen MR) is 76.4 cm³/mol. The molecule has 2 N–H and O–H groups in total. The lowest BCUT2D eigenvalue weighted by Crippen LogP contribution is -2.18. The number of nitrogens with two attached hydrogens (primary N) is 1. The fourth-order valence-electron chi connectivity index (χ4n) is 1.68. The van der Waals surface area contributed by atoms with Crippen molar-refractivity contribution >= 4 is 5.82 Å². The molecule has 0 spiro atoms. The molecular weight excluding hydrogens is 238 g/mol. The minimum absolute atomic E-state index is 0.141. The Labute approximate surface area is 113 Å². The summed E-state index contributed by atoms with van der Waals surface area (Å²) < 4.78 is 1.75. The Morgan fingerprint density at radius 2 is 1.89 bits per heavy atom. The number of nitrogens with zero attached hydrogens (tertiary/aromatic N) is 4. The summed E-state index contributed by atoms with van der Waals surface area (Å²) in [6.07, 6.45) is 1.91. The van der Waals surface area contributed by atoms with Crippen LogP contribution in [0, 0.1) is 0 Å². The maximum atomic E-state index is 5.87. The lowest BCUT2D eigenvalue weighted by molar-refractivity contribution is 0.543. The monoisotopic (exact) mass is 259 g/mol. The van der Waals surface area contributed by atoms with Crippen molar-refractivity contribution in [3.8, 4) is 5.82 Å². The van der Waals surface area contributed by atoms with E-state index >= 15 is 0 Å². The molecule has 0 aromatic carbocycles. The van der Waals surface area contributed by atoms with Crippen LogP contribution in [0.4, 0.5) is 5.82 Å². The second-order valence-electron chi connectivity index (χ2n) is 6.06. The summed E-state index contributed by atoms with van der Waals surface area (Å²) in [6.45, 7) is 10.4. The average Bonchev–Trinajstić information content (AvgIpc) is 2.76. The SMILES string of the molecule is CC(C)c1ccn(-c2cc(N)nc(C(C)(C)C)n2)n1. The Kier molecular flexibility index (Phi) is 3.30. The van der Waals surface area contributed by atoms with Crippen LogP contribution in [0.15, 0.2) is 18.3 Å². The second kappa shape index (κ2) is 4.64. The number of hydrogen-bond donors (Lipinski definition) is 1. The van der Waals surface area contributed by atoms with Gasteiger partial charge in [-0.1, -0.05) is 34.6 Å². The van der Waals surface area contributed by atoms with E-state index in [1.165, 1.54) is 0 Å². The van der Waals surface area contributed by atoms with Crippen LogP contribution >= 0.6 is 0 Å². The van der Waals surface area contributed by atoms with E-state index in [9.17, 15) is 0 Å². The van der Waals surface area contributed by atoms with Crippen molar-refractivity contribution in [2.24, 2.45) is 0 Å². The molecule has 2 aromatic heterocycles. The van der Waals surface area contributed by atoms with E-state index in [0.717, 1.165) is 11.5 Å². The van der Waals surface area contributed by atoms with Crippen LogP contribution in [0.25, 0.3) is 5.82 Å². The van der Waals surface area contributed by atoms with E-state index in [4.69, 9.17) is 5.73 Å². The van der Waals surface area contributed by atoms with Gasteiger partial charge in [-0.3, -0.25) is 0 Å². The van der Waals surface area contributed by atoms with Crippen LogP contribution in [-0.2, 0) is 5.41 Å². The number of aromatic nitrogens is 4. The smallest absolute Gasteiger partial charge is 0.159 e. The number of anilines is 1. The Bertz CT molecular complexity index is 578. The molecule has 5 heteroatoms. The minimum atomic E-state index is -0.141. The van der Waals surface area contributed by atoms with E-state index in [0.29, 0.717) is 17.6 Å². The topological polar surface area (TPSA) is 69.6 Å². The van der Waals surface area contributed by atoms with Crippen molar-refractivity contribution in [1.82, 2.24) is 19.7 Å².